The third kappa shape index (κ3) is 3.81. The monoisotopic (exact) mass is 265 g/mol. The van der Waals surface area contributed by atoms with E-state index >= 15 is 0 Å². The van der Waals surface area contributed by atoms with Gasteiger partial charge in [-0.25, -0.2) is 0 Å². The molecule has 0 spiro atoms. The van der Waals surface area contributed by atoms with Crippen molar-refractivity contribution in [2.24, 2.45) is 0 Å². The first-order valence-corrected chi connectivity index (χ1v) is 6.72. The Kier molecular flexibility index (Phi) is 3.83. The van der Waals surface area contributed by atoms with Crippen molar-refractivity contribution in [1.29, 1.82) is 0 Å². The topological polar surface area (TPSA) is 18.5 Å². The van der Waals surface area contributed by atoms with Crippen LogP contribution < -0.4 is 4.74 Å². The summed E-state index contributed by atoms with van der Waals surface area (Å²) in [4.78, 5) is 0.912. The SMILES string of the molecule is FC(F)(F)Oc1cccc([S+]2CCOCC2)c1. The summed E-state index contributed by atoms with van der Waals surface area (Å²) in [6.45, 7) is 1.35. The summed E-state index contributed by atoms with van der Waals surface area (Å²) in [5.74, 6) is 1.60. The van der Waals surface area contributed by atoms with Gasteiger partial charge in [0.25, 0.3) is 0 Å². The molecule has 17 heavy (non-hydrogen) atoms. The Hall–Kier alpha value is -0.880. The number of alkyl halides is 3. The first-order chi connectivity index (χ1) is 8.04. The summed E-state index contributed by atoms with van der Waals surface area (Å²) in [5, 5.41) is 0. The molecule has 2 nitrogen and oxygen atoms in total. The Bertz CT molecular complexity index is 375. The van der Waals surface area contributed by atoms with Crippen LogP contribution in [0.25, 0.3) is 0 Å². The second-order valence-corrected chi connectivity index (χ2v) is 5.81. The Balaban J connectivity index is 2.10. The Morgan fingerprint density at radius 2 is 1.88 bits per heavy atom. The minimum Gasteiger partial charge on any atom is -0.406 e. The average Bonchev–Trinajstić information content (AvgIpc) is 2.28. The summed E-state index contributed by atoms with van der Waals surface area (Å²) in [6, 6.07) is 6.24. The fourth-order valence-corrected chi connectivity index (χ4v) is 3.48. The van der Waals surface area contributed by atoms with Crippen LogP contribution in [0.1, 0.15) is 0 Å². The Labute approximate surface area is 100 Å². The van der Waals surface area contributed by atoms with Crippen molar-refractivity contribution in [3.63, 3.8) is 0 Å². The number of hydrogen-bond donors (Lipinski definition) is 0. The lowest BCUT2D eigenvalue weighted by atomic mass is 10.3. The first-order valence-electron chi connectivity index (χ1n) is 5.16. The Morgan fingerprint density at radius 1 is 1.18 bits per heavy atom. The number of ether oxygens (including phenoxy) is 2. The van der Waals surface area contributed by atoms with Gasteiger partial charge >= 0.3 is 6.36 Å². The van der Waals surface area contributed by atoms with Crippen LogP contribution in [0.2, 0.25) is 0 Å². The molecule has 0 atom stereocenters. The van der Waals surface area contributed by atoms with Crippen LogP contribution in [-0.4, -0.2) is 31.1 Å². The largest absolute Gasteiger partial charge is 0.573 e. The molecular formula is C11H12F3O2S+. The van der Waals surface area contributed by atoms with Crippen molar-refractivity contribution in [2.45, 2.75) is 11.3 Å². The fraction of sp³-hybridized carbons (Fsp3) is 0.455. The van der Waals surface area contributed by atoms with Crippen LogP contribution in [0.5, 0.6) is 5.75 Å². The van der Waals surface area contributed by atoms with E-state index in [4.69, 9.17) is 4.74 Å². The van der Waals surface area contributed by atoms with Gasteiger partial charge in [0.15, 0.2) is 4.90 Å². The van der Waals surface area contributed by atoms with Crippen molar-refractivity contribution in [3.8, 4) is 5.75 Å². The highest BCUT2D eigenvalue weighted by atomic mass is 32.2. The van der Waals surface area contributed by atoms with Gasteiger partial charge in [0, 0.05) is 17.0 Å². The minimum absolute atomic E-state index is 0.0191. The number of hydrogen-bond acceptors (Lipinski definition) is 2. The highest BCUT2D eigenvalue weighted by Crippen LogP contribution is 2.26. The van der Waals surface area contributed by atoms with E-state index in [2.05, 4.69) is 4.74 Å². The molecule has 1 saturated heterocycles. The van der Waals surface area contributed by atoms with E-state index in [1.807, 2.05) is 6.07 Å². The van der Waals surface area contributed by atoms with E-state index in [0.29, 0.717) is 13.2 Å². The highest BCUT2D eigenvalue weighted by molar-refractivity contribution is 7.97. The van der Waals surface area contributed by atoms with Gasteiger partial charge in [0.05, 0.1) is 13.2 Å². The zero-order chi connectivity index (χ0) is 12.3. The maximum Gasteiger partial charge on any atom is 0.573 e. The van der Waals surface area contributed by atoms with Gasteiger partial charge < -0.3 is 9.47 Å². The lowest BCUT2D eigenvalue weighted by Gasteiger charge is -2.15. The van der Waals surface area contributed by atoms with Crippen molar-refractivity contribution < 1.29 is 22.6 Å². The van der Waals surface area contributed by atoms with Gasteiger partial charge in [-0.05, 0) is 12.1 Å². The van der Waals surface area contributed by atoms with Crippen molar-refractivity contribution in [1.82, 2.24) is 0 Å². The summed E-state index contributed by atoms with van der Waals surface area (Å²) in [7, 11) is -0.0191. The molecule has 0 aliphatic carbocycles. The maximum atomic E-state index is 12.1. The predicted octanol–water partition coefficient (Wildman–Crippen LogP) is 2.59. The normalized spacial score (nSPS) is 18.1. The van der Waals surface area contributed by atoms with Crippen LogP contribution in [0.4, 0.5) is 13.2 Å². The number of rotatable bonds is 2. The molecule has 1 aromatic carbocycles. The van der Waals surface area contributed by atoms with Crippen LogP contribution >= 0.6 is 0 Å². The highest BCUT2D eigenvalue weighted by Gasteiger charge is 2.32. The second kappa shape index (κ2) is 5.18. The molecule has 1 aliphatic heterocycles. The van der Waals surface area contributed by atoms with Gasteiger partial charge in [0.2, 0.25) is 0 Å². The van der Waals surface area contributed by atoms with Crippen LogP contribution in [0.15, 0.2) is 29.2 Å². The lowest BCUT2D eigenvalue weighted by molar-refractivity contribution is -0.274. The molecule has 1 heterocycles. The van der Waals surface area contributed by atoms with Gasteiger partial charge in [-0.3, -0.25) is 0 Å². The van der Waals surface area contributed by atoms with E-state index in [0.717, 1.165) is 16.4 Å². The third-order valence-corrected chi connectivity index (χ3v) is 4.56. The molecule has 0 amide bonds. The van der Waals surface area contributed by atoms with Crippen molar-refractivity contribution in [2.75, 3.05) is 24.7 Å². The third-order valence-electron chi connectivity index (χ3n) is 2.32. The molecule has 0 aromatic heterocycles. The van der Waals surface area contributed by atoms with Crippen LogP contribution in [0.3, 0.4) is 0 Å². The molecule has 2 rings (SSSR count). The molecule has 94 valence electrons. The van der Waals surface area contributed by atoms with Crippen LogP contribution in [0, 0.1) is 0 Å². The standard InChI is InChI=1S/C11H12F3O2S/c12-11(13,14)16-9-2-1-3-10(8-9)17-6-4-15-5-7-17/h1-3,8H,4-7H2/q+1. The summed E-state index contributed by atoms with van der Waals surface area (Å²) < 4.78 is 45.4. The van der Waals surface area contributed by atoms with Gasteiger partial charge in [-0.15, -0.1) is 13.2 Å². The van der Waals surface area contributed by atoms with E-state index in [1.54, 1.807) is 6.07 Å². The first kappa shape index (κ1) is 12.6. The summed E-state index contributed by atoms with van der Waals surface area (Å²) >= 11 is 0. The number of halogens is 3. The summed E-state index contributed by atoms with van der Waals surface area (Å²) in [5.41, 5.74) is 0. The molecule has 1 aromatic rings. The molecule has 0 saturated carbocycles. The number of benzene rings is 1. The van der Waals surface area contributed by atoms with Crippen LogP contribution in [-0.2, 0) is 15.6 Å². The molecule has 6 heteroatoms. The molecule has 0 unspecified atom stereocenters. The molecule has 0 radical (unpaired) electrons. The van der Waals surface area contributed by atoms with Gasteiger partial charge in [-0.1, -0.05) is 6.07 Å². The van der Waals surface area contributed by atoms with E-state index in [1.165, 1.54) is 12.1 Å². The van der Waals surface area contributed by atoms with Crippen molar-refractivity contribution in [3.05, 3.63) is 24.3 Å². The predicted molar refractivity (Wildman–Crippen MR) is 59.3 cm³/mol. The van der Waals surface area contributed by atoms with E-state index < -0.39 is 6.36 Å². The zero-order valence-electron chi connectivity index (χ0n) is 9.00. The van der Waals surface area contributed by atoms with E-state index in [9.17, 15) is 13.2 Å². The molecule has 1 aliphatic rings. The zero-order valence-corrected chi connectivity index (χ0v) is 9.81. The molecule has 1 fully saturated rings. The second-order valence-electron chi connectivity index (χ2n) is 3.54. The summed E-state index contributed by atoms with van der Waals surface area (Å²) in [6.07, 6.45) is -4.63. The molecule has 0 bridgehead atoms. The lowest BCUT2D eigenvalue weighted by Crippen LogP contribution is -2.26. The molecular weight excluding hydrogens is 253 g/mol. The Morgan fingerprint density at radius 3 is 2.53 bits per heavy atom. The quantitative estimate of drug-likeness (QED) is 0.765. The van der Waals surface area contributed by atoms with Gasteiger partial charge in [-0.2, -0.15) is 0 Å². The smallest absolute Gasteiger partial charge is 0.406 e. The van der Waals surface area contributed by atoms with E-state index in [-0.39, 0.29) is 16.6 Å². The molecule has 0 N–H and O–H groups in total. The maximum absolute atomic E-state index is 12.1. The van der Waals surface area contributed by atoms with Gasteiger partial charge in [0.1, 0.15) is 17.3 Å². The minimum atomic E-state index is -4.63. The van der Waals surface area contributed by atoms with Crippen molar-refractivity contribution >= 4 is 10.9 Å². The fourth-order valence-electron chi connectivity index (χ4n) is 1.61. The average molecular weight is 265 g/mol.